The Bertz CT molecular complexity index is 596. The zero-order valence-corrected chi connectivity index (χ0v) is 14.9. The van der Waals surface area contributed by atoms with Crippen LogP contribution in [0.4, 0.5) is 13.2 Å². The number of halogens is 3. The maximum atomic E-state index is 12.8. The molecule has 0 aromatic heterocycles. The van der Waals surface area contributed by atoms with Crippen molar-refractivity contribution in [3.8, 4) is 0 Å². The van der Waals surface area contributed by atoms with Crippen LogP contribution in [0.2, 0.25) is 0 Å². The third-order valence-electron chi connectivity index (χ3n) is 3.68. The molecule has 140 valence electrons. The van der Waals surface area contributed by atoms with Crippen molar-refractivity contribution < 1.29 is 27.6 Å². The lowest BCUT2D eigenvalue weighted by atomic mass is 10.0. The van der Waals surface area contributed by atoms with E-state index in [9.17, 15) is 22.8 Å². The maximum absolute atomic E-state index is 12.8. The van der Waals surface area contributed by atoms with Crippen LogP contribution in [0.5, 0.6) is 0 Å². The van der Waals surface area contributed by atoms with Crippen LogP contribution in [-0.2, 0) is 27.0 Å². The number of alkyl halides is 3. The van der Waals surface area contributed by atoms with E-state index in [1.54, 1.807) is 19.9 Å². The molecule has 0 bridgehead atoms. The second-order valence-electron chi connectivity index (χ2n) is 5.50. The fraction of sp³-hybridized carbons (Fsp3) is 0.500. The molecule has 0 radical (unpaired) electrons. The van der Waals surface area contributed by atoms with E-state index in [2.05, 4.69) is 17.7 Å². The molecule has 1 aromatic rings. The van der Waals surface area contributed by atoms with Crippen LogP contribution >= 0.6 is 12.8 Å². The van der Waals surface area contributed by atoms with E-state index in [0.29, 0.717) is 12.1 Å². The number of hydrogen-bond donors (Lipinski definition) is 2. The Morgan fingerprint density at radius 2 is 2.00 bits per heavy atom. The molecule has 1 N–H and O–H groups in total. The molecule has 0 fully saturated rings. The molecule has 9 heteroatoms. The van der Waals surface area contributed by atoms with E-state index < -0.39 is 17.7 Å². The van der Waals surface area contributed by atoms with Crippen LogP contribution < -0.4 is 4.89 Å². The summed E-state index contributed by atoms with van der Waals surface area (Å²) in [6.45, 7) is 3.92. The second-order valence-corrected chi connectivity index (χ2v) is 5.68. The lowest BCUT2D eigenvalue weighted by Crippen LogP contribution is -2.40. The molecule has 25 heavy (non-hydrogen) atoms. The Hall–Kier alpha value is -1.74. The minimum Gasteiger partial charge on any atom is -0.360 e. The molecule has 0 spiro atoms. The molecule has 0 saturated carbocycles. The first kappa shape index (κ1) is 21.3. The second kappa shape index (κ2) is 9.67. The number of nitrogens with one attached hydrogen (secondary N) is 1. The van der Waals surface area contributed by atoms with Gasteiger partial charge in [0.1, 0.15) is 0 Å². The summed E-state index contributed by atoms with van der Waals surface area (Å²) in [5.74, 6) is -0.886. The Balaban J connectivity index is 2.71. The summed E-state index contributed by atoms with van der Waals surface area (Å²) < 4.78 is 38.3. The van der Waals surface area contributed by atoms with Crippen molar-refractivity contribution in [1.82, 2.24) is 9.79 Å². The highest BCUT2D eigenvalue weighted by molar-refractivity contribution is 7.77. The van der Waals surface area contributed by atoms with E-state index in [1.165, 1.54) is 11.0 Å². The van der Waals surface area contributed by atoms with E-state index in [4.69, 9.17) is 0 Å². The smallest absolute Gasteiger partial charge is 0.360 e. The van der Waals surface area contributed by atoms with Gasteiger partial charge in [0, 0.05) is 19.0 Å². The first-order valence-corrected chi connectivity index (χ1v) is 8.18. The Labute approximate surface area is 150 Å². The van der Waals surface area contributed by atoms with Crippen LogP contribution in [0.25, 0.3) is 0 Å². The number of rotatable bonds is 8. The predicted molar refractivity (Wildman–Crippen MR) is 89.4 cm³/mol. The molecule has 1 unspecified atom stereocenters. The summed E-state index contributed by atoms with van der Waals surface area (Å²) in [6, 6.07) is 4.74. The third kappa shape index (κ3) is 6.95. The molecule has 5 nitrogen and oxygen atoms in total. The van der Waals surface area contributed by atoms with Crippen molar-refractivity contribution in [3.63, 3.8) is 0 Å². The van der Waals surface area contributed by atoms with E-state index in [-0.39, 0.29) is 31.2 Å². The van der Waals surface area contributed by atoms with Crippen molar-refractivity contribution in [2.45, 2.75) is 45.3 Å². The monoisotopic (exact) mass is 378 g/mol. The summed E-state index contributed by atoms with van der Waals surface area (Å²) >= 11 is 3.51. The van der Waals surface area contributed by atoms with Crippen LogP contribution in [0.1, 0.15) is 37.8 Å². The van der Waals surface area contributed by atoms with Gasteiger partial charge < -0.3 is 9.74 Å². The van der Waals surface area contributed by atoms with Crippen LogP contribution in [0, 0.1) is 0 Å². The van der Waals surface area contributed by atoms with E-state index in [1.807, 2.05) is 4.89 Å². The molecule has 1 atom stereocenters. The molecule has 0 aliphatic heterocycles. The summed E-state index contributed by atoms with van der Waals surface area (Å²) in [5.41, 5.74) is -0.221. The molecule has 1 amide bonds. The summed E-state index contributed by atoms with van der Waals surface area (Å²) in [6.07, 6.45) is -4.28. The normalized spacial score (nSPS) is 12.6. The zero-order valence-electron chi connectivity index (χ0n) is 14.0. The fourth-order valence-electron chi connectivity index (χ4n) is 2.51. The largest absolute Gasteiger partial charge is 0.416 e. The molecular weight excluding hydrogens is 357 g/mol. The van der Waals surface area contributed by atoms with Gasteiger partial charge in [-0.15, -0.1) is 0 Å². The Morgan fingerprint density at radius 3 is 2.56 bits per heavy atom. The number of hydrogen-bond acceptors (Lipinski definition) is 5. The Morgan fingerprint density at radius 1 is 1.32 bits per heavy atom. The number of carbonyl (C=O) groups excluding carboxylic acids is 2. The van der Waals surface area contributed by atoms with Crippen LogP contribution in [-0.4, -0.2) is 29.4 Å². The SMILES string of the molecule is CCN(C(=O)CCC(=O)ONS)C(C)Cc1cccc(C(F)(F)F)c1. The van der Waals surface area contributed by atoms with Crippen LogP contribution in [0.3, 0.4) is 0 Å². The first-order chi connectivity index (χ1) is 11.7. The van der Waals surface area contributed by atoms with Gasteiger partial charge in [0.2, 0.25) is 5.91 Å². The highest BCUT2D eigenvalue weighted by atomic mass is 32.1. The summed E-state index contributed by atoms with van der Waals surface area (Å²) in [5, 5.41) is 0. The number of carbonyl (C=O) groups is 2. The lowest BCUT2D eigenvalue weighted by molar-refractivity contribution is -0.149. The van der Waals surface area contributed by atoms with Gasteiger partial charge in [0.25, 0.3) is 0 Å². The van der Waals surface area contributed by atoms with Gasteiger partial charge >= 0.3 is 12.1 Å². The third-order valence-corrected chi connectivity index (χ3v) is 3.77. The number of nitrogens with zero attached hydrogens (tertiary/aromatic N) is 1. The zero-order chi connectivity index (χ0) is 19.0. The molecule has 0 aliphatic rings. The summed E-state index contributed by atoms with van der Waals surface area (Å²) in [7, 11) is 0. The van der Waals surface area contributed by atoms with Gasteiger partial charge in [-0.05, 0) is 31.9 Å². The number of benzene rings is 1. The van der Waals surface area contributed by atoms with Crippen molar-refractivity contribution in [1.29, 1.82) is 0 Å². The average molecular weight is 378 g/mol. The molecule has 0 saturated heterocycles. The minimum atomic E-state index is -4.40. The predicted octanol–water partition coefficient (Wildman–Crippen LogP) is 3.16. The quantitative estimate of drug-likeness (QED) is 0.539. The highest BCUT2D eigenvalue weighted by Crippen LogP contribution is 2.29. The number of likely N-dealkylation sites (N-methyl/N-ethyl adjacent to an activating group) is 1. The van der Waals surface area contributed by atoms with Crippen LogP contribution in [0.15, 0.2) is 24.3 Å². The molecule has 1 aromatic carbocycles. The first-order valence-electron chi connectivity index (χ1n) is 7.73. The maximum Gasteiger partial charge on any atom is 0.416 e. The number of thiol groups is 1. The Kier molecular flexibility index (Phi) is 8.24. The van der Waals surface area contributed by atoms with E-state index in [0.717, 1.165) is 12.1 Å². The van der Waals surface area contributed by atoms with Crippen molar-refractivity contribution in [3.05, 3.63) is 35.4 Å². The van der Waals surface area contributed by atoms with Gasteiger partial charge in [-0.3, -0.25) is 9.59 Å². The van der Waals surface area contributed by atoms with Gasteiger partial charge in [0.15, 0.2) is 0 Å². The summed E-state index contributed by atoms with van der Waals surface area (Å²) in [4.78, 5) is 31.3. The van der Waals surface area contributed by atoms with Crippen molar-refractivity contribution in [2.75, 3.05) is 6.54 Å². The topological polar surface area (TPSA) is 58.6 Å². The molecule has 0 heterocycles. The standard InChI is InChI=1S/C16H21F3N2O3S/c1-3-21(14(22)7-8-15(23)24-20-25)11(2)9-12-5-4-6-13(10-12)16(17,18)19/h4-6,10-11,20,25H,3,7-9H2,1-2H3. The fourth-order valence-corrected chi connectivity index (χ4v) is 2.62. The minimum absolute atomic E-state index is 0.0466. The van der Waals surface area contributed by atoms with Gasteiger partial charge in [-0.1, -0.05) is 35.9 Å². The molecular formula is C16H21F3N2O3S. The highest BCUT2D eigenvalue weighted by Gasteiger charge is 2.30. The molecule has 0 aliphatic carbocycles. The van der Waals surface area contributed by atoms with Crippen molar-refractivity contribution >= 4 is 24.7 Å². The van der Waals surface area contributed by atoms with Gasteiger partial charge in [-0.25, -0.2) is 0 Å². The lowest BCUT2D eigenvalue weighted by Gasteiger charge is -2.28. The molecule has 1 rings (SSSR count). The average Bonchev–Trinajstić information content (AvgIpc) is 2.53. The van der Waals surface area contributed by atoms with Crippen molar-refractivity contribution in [2.24, 2.45) is 0 Å². The van der Waals surface area contributed by atoms with Gasteiger partial charge in [0.05, 0.1) is 12.0 Å². The van der Waals surface area contributed by atoms with Gasteiger partial charge in [-0.2, -0.15) is 13.2 Å². The van der Waals surface area contributed by atoms with E-state index >= 15 is 0 Å². The number of amides is 1.